The Labute approximate surface area is 193 Å². The third-order valence-corrected chi connectivity index (χ3v) is 6.58. The fraction of sp³-hybridized carbons (Fsp3) is 0.650. The quantitative estimate of drug-likeness (QED) is 0.219. The molecule has 0 amide bonds. The summed E-state index contributed by atoms with van der Waals surface area (Å²) in [5.41, 5.74) is 1.38. The van der Waals surface area contributed by atoms with Crippen LogP contribution in [0.1, 0.15) is 38.3 Å². The number of hydrogen-bond acceptors (Lipinski definition) is 4. The van der Waals surface area contributed by atoms with E-state index in [2.05, 4.69) is 62.1 Å². The summed E-state index contributed by atoms with van der Waals surface area (Å²) in [6, 6.07) is 11.2. The smallest absolute Gasteiger partial charge is 0.211 e. The fourth-order valence-electron chi connectivity index (χ4n) is 3.58. The minimum absolute atomic E-state index is 0. The summed E-state index contributed by atoms with van der Waals surface area (Å²) in [6.45, 7) is 8.91. The molecule has 1 unspecified atom stereocenters. The predicted molar refractivity (Wildman–Crippen MR) is 131 cm³/mol. The molecule has 1 atom stereocenters. The first-order valence-corrected chi connectivity index (χ1v) is 11.9. The highest BCUT2D eigenvalue weighted by atomic mass is 127. The van der Waals surface area contributed by atoms with Crippen molar-refractivity contribution in [3.05, 3.63) is 35.9 Å². The molecular weight excluding hydrogens is 501 g/mol. The maximum absolute atomic E-state index is 11.4. The van der Waals surface area contributed by atoms with Crippen LogP contribution in [0.5, 0.6) is 0 Å². The van der Waals surface area contributed by atoms with Gasteiger partial charge in [0.15, 0.2) is 5.96 Å². The molecule has 1 heterocycles. The van der Waals surface area contributed by atoms with Gasteiger partial charge in [0.2, 0.25) is 10.0 Å². The lowest BCUT2D eigenvalue weighted by Crippen LogP contribution is -2.53. The van der Waals surface area contributed by atoms with Crippen molar-refractivity contribution in [1.82, 2.24) is 19.8 Å². The van der Waals surface area contributed by atoms with Gasteiger partial charge in [0, 0.05) is 52.4 Å². The molecule has 0 radical (unpaired) electrons. The zero-order chi connectivity index (χ0) is 20.4. The number of sulfonamides is 1. The summed E-state index contributed by atoms with van der Waals surface area (Å²) in [7, 11) is -1.31. The highest BCUT2D eigenvalue weighted by molar-refractivity contribution is 14.0. The number of benzene rings is 1. The Kier molecular flexibility index (Phi) is 12.1. The Bertz CT molecular complexity index is 707. The molecule has 2 rings (SSSR count). The molecule has 0 aliphatic carbocycles. The van der Waals surface area contributed by atoms with E-state index < -0.39 is 10.0 Å². The van der Waals surface area contributed by atoms with E-state index in [1.165, 1.54) is 5.56 Å². The lowest BCUT2D eigenvalue weighted by molar-refractivity contribution is 0.127. The summed E-state index contributed by atoms with van der Waals surface area (Å²) in [6.07, 6.45) is 1.83. The van der Waals surface area contributed by atoms with Crippen molar-refractivity contribution in [3.8, 4) is 0 Å². The van der Waals surface area contributed by atoms with Gasteiger partial charge in [0.05, 0.1) is 5.75 Å². The zero-order valence-corrected chi connectivity index (χ0v) is 20.9. The summed E-state index contributed by atoms with van der Waals surface area (Å²) in [5.74, 6) is 1.01. The second-order valence-electron chi connectivity index (χ2n) is 6.98. The first-order chi connectivity index (χ1) is 13.5. The number of hydrogen-bond donors (Lipinski definition) is 2. The van der Waals surface area contributed by atoms with Gasteiger partial charge in [-0.2, -0.15) is 0 Å². The van der Waals surface area contributed by atoms with Crippen molar-refractivity contribution >= 4 is 40.0 Å². The molecule has 0 bridgehead atoms. The standard InChI is InChI=1S/C20H35N5O2S.HI/c1-4-19(18-10-7-6-8-11-18)24-14-16-25(17-15-24)20(21-3)22-12-9-13-23-28(26,27)5-2;/h6-8,10-11,19,23H,4-5,9,12-17H2,1-3H3,(H,21,22);1H. The number of piperazine rings is 1. The van der Waals surface area contributed by atoms with Crippen LogP contribution >= 0.6 is 24.0 Å². The predicted octanol–water partition coefficient (Wildman–Crippen LogP) is 2.28. The largest absolute Gasteiger partial charge is 0.356 e. The van der Waals surface area contributed by atoms with Gasteiger partial charge >= 0.3 is 0 Å². The number of halogens is 1. The molecule has 2 N–H and O–H groups in total. The summed E-state index contributed by atoms with van der Waals surface area (Å²) in [5, 5.41) is 3.36. The van der Waals surface area contributed by atoms with Crippen LogP contribution in [0.15, 0.2) is 35.3 Å². The second-order valence-corrected chi connectivity index (χ2v) is 9.08. The van der Waals surface area contributed by atoms with E-state index in [9.17, 15) is 8.42 Å². The first kappa shape index (κ1) is 26.1. The maximum atomic E-state index is 11.4. The minimum atomic E-state index is -3.11. The van der Waals surface area contributed by atoms with Gasteiger partial charge in [-0.15, -0.1) is 24.0 Å². The zero-order valence-electron chi connectivity index (χ0n) is 17.8. The summed E-state index contributed by atoms with van der Waals surface area (Å²) < 4.78 is 25.5. The van der Waals surface area contributed by atoms with Crippen LogP contribution in [0.4, 0.5) is 0 Å². The fourth-order valence-corrected chi connectivity index (χ4v) is 4.24. The van der Waals surface area contributed by atoms with Crippen LogP contribution in [0.2, 0.25) is 0 Å². The van der Waals surface area contributed by atoms with Gasteiger partial charge in [-0.1, -0.05) is 37.3 Å². The molecule has 9 heteroatoms. The number of aliphatic imine (C=N–C) groups is 1. The average molecular weight is 538 g/mol. The van der Waals surface area contributed by atoms with Crippen LogP contribution < -0.4 is 10.0 Å². The van der Waals surface area contributed by atoms with Crippen molar-refractivity contribution in [1.29, 1.82) is 0 Å². The van der Waals surface area contributed by atoms with Gasteiger partial charge < -0.3 is 10.2 Å². The van der Waals surface area contributed by atoms with Crippen LogP contribution in [0.25, 0.3) is 0 Å². The maximum Gasteiger partial charge on any atom is 0.211 e. The lowest BCUT2D eigenvalue weighted by Gasteiger charge is -2.40. The first-order valence-electron chi connectivity index (χ1n) is 10.2. The molecule has 1 fully saturated rings. The van der Waals surface area contributed by atoms with Gasteiger partial charge in [0.1, 0.15) is 0 Å². The van der Waals surface area contributed by atoms with Crippen LogP contribution in [0, 0.1) is 0 Å². The molecule has 0 spiro atoms. The third kappa shape index (κ3) is 8.39. The molecular formula is C20H36IN5O2S. The second kappa shape index (κ2) is 13.4. The van der Waals surface area contributed by atoms with Crippen LogP contribution in [0.3, 0.4) is 0 Å². The van der Waals surface area contributed by atoms with Gasteiger partial charge in [-0.05, 0) is 25.3 Å². The summed E-state index contributed by atoms with van der Waals surface area (Å²) in [4.78, 5) is 9.23. The van der Waals surface area contributed by atoms with Crippen molar-refractivity contribution in [2.75, 3.05) is 52.1 Å². The molecule has 1 aliphatic heterocycles. The van der Waals surface area contributed by atoms with Crippen molar-refractivity contribution in [3.63, 3.8) is 0 Å². The molecule has 1 aromatic carbocycles. The molecule has 166 valence electrons. The number of guanidine groups is 1. The molecule has 1 saturated heterocycles. The van der Waals surface area contributed by atoms with Gasteiger partial charge in [0.25, 0.3) is 0 Å². The van der Waals surface area contributed by atoms with E-state index >= 15 is 0 Å². The summed E-state index contributed by atoms with van der Waals surface area (Å²) >= 11 is 0. The van der Waals surface area contributed by atoms with E-state index in [-0.39, 0.29) is 29.7 Å². The van der Waals surface area contributed by atoms with E-state index in [1.54, 1.807) is 14.0 Å². The molecule has 0 saturated carbocycles. The van der Waals surface area contributed by atoms with Crippen molar-refractivity contribution < 1.29 is 8.42 Å². The Morgan fingerprint density at radius 3 is 2.31 bits per heavy atom. The van der Waals surface area contributed by atoms with E-state index in [0.29, 0.717) is 19.1 Å². The van der Waals surface area contributed by atoms with Crippen LogP contribution in [-0.4, -0.2) is 76.2 Å². The van der Waals surface area contributed by atoms with E-state index in [4.69, 9.17) is 0 Å². The number of nitrogens with one attached hydrogen (secondary N) is 2. The monoisotopic (exact) mass is 537 g/mol. The Balaban J connectivity index is 0.00000420. The van der Waals surface area contributed by atoms with Crippen molar-refractivity contribution in [2.45, 2.75) is 32.7 Å². The Morgan fingerprint density at radius 2 is 1.76 bits per heavy atom. The molecule has 29 heavy (non-hydrogen) atoms. The van der Waals surface area contributed by atoms with Crippen LogP contribution in [-0.2, 0) is 10.0 Å². The third-order valence-electron chi connectivity index (χ3n) is 5.18. The topological polar surface area (TPSA) is 77.0 Å². The average Bonchev–Trinajstić information content (AvgIpc) is 2.73. The number of rotatable bonds is 9. The Hall–Kier alpha value is -0.910. The Morgan fingerprint density at radius 1 is 1.10 bits per heavy atom. The lowest BCUT2D eigenvalue weighted by atomic mass is 10.0. The normalized spacial score (nSPS) is 16.9. The molecule has 1 aromatic rings. The highest BCUT2D eigenvalue weighted by Crippen LogP contribution is 2.25. The number of nitrogens with zero attached hydrogens (tertiary/aromatic N) is 3. The molecule has 7 nitrogen and oxygen atoms in total. The van der Waals surface area contributed by atoms with Gasteiger partial charge in [-0.3, -0.25) is 9.89 Å². The molecule has 0 aromatic heterocycles. The van der Waals surface area contributed by atoms with Crippen molar-refractivity contribution in [2.24, 2.45) is 4.99 Å². The van der Waals surface area contributed by atoms with Gasteiger partial charge in [-0.25, -0.2) is 13.1 Å². The molecule has 1 aliphatic rings. The van der Waals surface area contributed by atoms with E-state index in [0.717, 1.165) is 45.0 Å². The SMILES string of the molecule is CCC(c1ccccc1)N1CCN(C(=NC)NCCCNS(=O)(=O)CC)CC1.I. The minimum Gasteiger partial charge on any atom is -0.356 e. The highest BCUT2D eigenvalue weighted by Gasteiger charge is 2.25. The van der Waals surface area contributed by atoms with E-state index in [1.807, 2.05) is 0 Å².